The first kappa shape index (κ1) is 34.2. The highest BCUT2D eigenvalue weighted by atomic mass is 19.4. The van der Waals surface area contributed by atoms with Gasteiger partial charge in [0.25, 0.3) is 0 Å². The number of aryl methyl sites for hydroxylation is 1. The summed E-state index contributed by atoms with van der Waals surface area (Å²) in [5.74, 6) is -0.221. The summed E-state index contributed by atoms with van der Waals surface area (Å²) in [5, 5.41) is 0. The summed E-state index contributed by atoms with van der Waals surface area (Å²) in [6, 6.07) is 8.05. The van der Waals surface area contributed by atoms with Crippen LogP contribution >= 0.6 is 0 Å². The summed E-state index contributed by atoms with van der Waals surface area (Å²) in [4.78, 5) is 27.4. The number of alkyl halides is 6. The molecule has 1 saturated heterocycles. The van der Waals surface area contributed by atoms with E-state index < -0.39 is 48.6 Å². The Balaban J connectivity index is 1.70. The van der Waals surface area contributed by atoms with Gasteiger partial charge in [-0.15, -0.1) is 0 Å². The quantitative estimate of drug-likeness (QED) is 0.272. The van der Waals surface area contributed by atoms with Crippen molar-refractivity contribution in [1.29, 1.82) is 0 Å². The van der Waals surface area contributed by atoms with Gasteiger partial charge in [-0.25, -0.2) is 4.79 Å². The van der Waals surface area contributed by atoms with Gasteiger partial charge in [-0.05, 0) is 85.1 Å². The van der Waals surface area contributed by atoms with E-state index in [1.165, 1.54) is 12.0 Å². The fourth-order valence-corrected chi connectivity index (χ4v) is 6.20. The van der Waals surface area contributed by atoms with Gasteiger partial charge in [0.2, 0.25) is 5.91 Å². The highest BCUT2D eigenvalue weighted by Crippen LogP contribution is 2.46. The molecule has 1 aliphatic heterocycles. The third-order valence-corrected chi connectivity index (χ3v) is 8.46. The van der Waals surface area contributed by atoms with E-state index >= 15 is 0 Å². The molecule has 0 bridgehead atoms. The number of halogens is 6. The second-order valence-corrected chi connectivity index (χ2v) is 12.8. The SMILES string of the molecule is COc1ccc(CN(CC(F)(F)F)C(C)=O)cc1C1=C(CN2C(=O)O[C@H](c3cc(C)cc(C(F)(F)F)c3)[C@@H]2C)CC(C)(C)CC1. The number of rotatable bonds is 8. The van der Waals surface area contributed by atoms with Crippen molar-refractivity contribution >= 4 is 17.6 Å². The number of methoxy groups -OCH3 is 1. The highest BCUT2D eigenvalue weighted by molar-refractivity contribution is 5.77. The van der Waals surface area contributed by atoms with Crippen molar-refractivity contribution in [3.8, 4) is 5.75 Å². The van der Waals surface area contributed by atoms with Gasteiger partial charge in [-0.1, -0.05) is 31.5 Å². The Labute approximate surface area is 259 Å². The normalized spacial score (nSPS) is 20.4. The Bertz CT molecular complexity index is 1480. The van der Waals surface area contributed by atoms with E-state index in [0.29, 0.717) is 35.3 Å². The highest BCUT2D eigenvalue weighted by Gasteiger charge is 2.42. The van der Waals surface area contributed by atoms with Crippen LogP contribution in [0, 0.1) is 12.3 Å². The van der Waals surface area contributed by atoms with E-state index in [9.17, 15) is 35.9 Å². The predicted molar refractivity (Wildman–Crippen MR) is 156 cm³/mol. The lowest BCUT2D eigenvalue weighted by molar-refractivity contribution is -0.161. The third-order valence-electron chi connectivity index (χ3n) is 8.46. The Kier molecular flexibility index (Phi) is 9.57. The van der Waals surface area contributed by atoms with Crippen molar-refractivity contribution in [3.63, 3.8) is 0 Å². The first-order valence-corrected chi connectivity index (χ1v) is 14.6. The van der Waals surface area contributed by atoms with Crippen molar-refractivity contribution in [2.24, 2.45) is 5.41 Å². The molecule has 2 amide bonds. The van der Waals surface area contributed by atoms with Gasteiger partial charge in [-0.3, -0.25) is 9.69 Å². The van der Waals surface area contributed by atoms with E-state index in [0.717, 1.165) is 41.5 Å². The van der Waals surface area contributed by atoms with Crippen molar-refractivity contribution in [2.75, 3.05) is 20.2 Å². The molecule has 2 aromatic rings. The summed E-state index contributed by atoms with van der Waals surface area (Å²) < 4.78 is 91.4. The smallest absolute Gasteiger partial charge is 0.416 e. The molecule has 246 valence electrons. The average molecular weight is 641 g/mol. The van der Waals surface area contributed by atoms with E-state index in [2.05, 4.69) is 13.8 Å². The summed E-state index contributed by atoms with van der Waals surface area (Å²) in [6.07, 6.45) is -8.70. The molecule has 6 nitrogen and oxygen atoms in total. The molecule has 0 saturated carbocycles. The Hall–Kier alpha value is -3.70. The van der Waals surface area contributed by atoms with E-state index in [-0.39, 0.29) is 24.1 Å². The summed E-state index contributed by atoms with van der Waals surface area (Å²) in [6.45, 7) is 7.08. The molecule has 4 rings (SSSR count). The Morgan fingerprint density at radius 3 is 2.40 bits per heavy atom. The molecule has 0 radical (unpaired) electrons. The average Bonchev–Trinajstić information content (AvgIpc) is 3.19. The lowest BCUT2D eigenvalue weighted by Gasteiger charge is -2.36. The first-order valence-electron chi connectivity index (χ1n) is 14.6. The van der Waals surface area contributed by atoms with Crippen molar-refractivity contribution in [1.82, 2.24) is 9.80 Å². The van der Waals surface area contributed by atoms with Crippen LogP contribution in [-0.2, 0) is 22.3 Å². The summed E-state index contributed by atoms with van der Waals surface area (Å²) >= 11 is 0. The molecule has 1 heterocycles. The zero-order chi connectivity index (χ0) is 33.5. The molecule has 2 aromatic carbocycles. The van der Waals surface area contributed by atoms with Gasteiger partial charge in [-0.2, -0.15) is 26.3 Å². The number of allylic oxidation sites excluding steroid dienone is 1. The number of cyclic esters (lactones) is 1. The van der Waals surface area contributed by atoms with Crippen molar-refractivity contribution in [2.45, 2.75) is 84.9 Å². The summed E-state index contributed by atoms with van der Waals surface area (Å²) in [7, 11) is 1.48. The van der Waals surface area contributed by atoms with Crippen LogP contribution < -0.4 is 4.74 Å². The van der Waals surface area contributed by atoms with Crippen molar-refractivity contribution in [3.05, 3.63) is 69.8 Å². The maximum Gasteiger partial charge on any atom is 0.416 e. The molecular formula is C33H38F6N2O4. The number of benzene rings is 2. The molecule has 45 heavy (non-hydrogen) atoms. The van der Waals surface area contributed by atoms with Crippen LogP contribution in [0.5, 0.6) is 5.75 Å². The number of hydrogen-bond acceptors (Lipinski definition) is 4. The molecule has 0 aromatic heterocycles. The molecule has 12 heteroatoms. The van der Waals surface area contributed by atoms with Crippen LogP contribution in [0.25, 0.3) is 5.57 Å². The van der Waals surface area contributed by atoms with Crippen molar-refractivity contribution < 1.29 is 45.4 Å². The zero-order valence-electron chi connectivity index (χ0n) is 26.2. The van der Waals surface area contributed by atoms with Gasteiger partial charge in [0.05, 0.1) is 18.7 Å². The Morgan fingerprint density at radius 2 is 1.80 bits per heavy atom. The van der Waals surface area contributed by atoms with Crippen LogP contribution in [0.15, 0.2) is 42.0 Å². The van der Waals surface area contributed by atoms with Crippen LogP contribution in [0.4, 0.5) is 31.1 Å². The molecular weight excluding hydrogens is 602 g/mol. The molecule has 2 atom stereocenters. The van der Waals surface area contributed by atoms with Crippen LogP contribution in [0.2, 0.25) is 0 Å². The summed E-state index contributed by atoms with van der Waals surface area (Å²) in [5.41, 5.74) is 2.60. The van der Waals surface area contributed by atoms with Gasteiger partial charge in [0.15, 0.2) is 0 Å². The molecule has 1 aliphatic carbocycles. The number of ether oxygens (including phenoxy) is 2. The monoisotopic (exact) mass is 640 g/mol. The Morgan fingerprint density at radius 1 is 1.11 bits per heavy atom. The molecule has 0 N–H and O–H groups in total. The maximum atomic E-state index is 13.5. The van der Waals surface area contributed by atoms with Gasteiger partial charge in [0.1, 0.15) is 18.4 Å². The van der Waals surface area contributed by atoms with E-state index in [1.807, 2.05) is 0 Å². The van der Waals surface area contributed by atoms with Crippen LogP contribution in [0.1, 0.15) is 80.9 Å². The first-order chi connectivity index (χ1) is 20.8. The van der Waals surface area contributed by atoms with Gasteiger partial charge in [0, 0.05) is 25.6 Å². The number of hydrogen-bond donors (Lipinski definition) is 0. The number of nitrogens with zero attached hydrogens (tertiary/aromatic N) is 2. The largest absolute Gasteiger partial charge is 0.496 e. The molecule has 1 fully saturated rings. The minimum atomic E-state index is -4.56. The molecule has 0 unspecified atom stereocenters. The number of amides is 2. The minimum Gasteiger partial charge on any atom is -0.496 e. The second kappa shape index (κ2) is 12.6. The minimum absolute atomic E-state index is 0.133. The fourth-order valence-electron chi connectivity index (χ4n) is 6.20. The van der Waals surface area contributed by atoms with Gasteiger partial charge >= 0.3 is 18.4 Å². The standard InChI is InChI=1S/C33H38F6N2O4/c1-19-11-23(14-25(12-19)33(37,38)39)29-20(2)41(30(43)45-29)17-24-15-31(4,5)10-9-26(24)27-13-22(7-8-28(27)44-6)16-40(21(3)42)18-32(34,35)36/h7-8,11-14,20,29H,9-10,15-18H2,1-6H3/t20-,29-/m0/s1. The zero-order valence-corrected chi connectivity index (χ0v) is 26.2. The lowest BCUT2D eigenvalue weighted by atomic mass is 9.72. The van der Waals surface area contributed by atoms with Crippen LogP contribution in [0.3, 0.4) is 0 Å². The van der Waals surface area contributed by atoms with E-state index in [1.54, 1.807) is 38.1 Å². The third kappa shape index (κ3) is 8.12. The van der Waals surface area contributed by atoms with Gasteiger partial charge < -0.3 is 14.4 Å². The maximum absolute atomic E-state index is 13.5. The number of carbonyl (C=O) groups is 2. The fraction of sp³-hybridized carbons (Fsp3) is 0.515. The lowest BCUT2D eigenvalue weighted by Crippen LogP contribution is -2.37. The van der Waals surface area contributed by atoms with Crippen LogP contribution in [-0.4, -0.2) is 54.2 Å². The number of carbonyl (C=O) groups excluding carboxylic acids is 2. The molecule has 0 spiro atoms. The predicted octanol–water partition coefficient (Wildman–Crippen LogP) is 8.48. The topological polar surface area (TPSA) is 59.1 Å². The second-order valence-electron chi connectivity index (χ2n) is 12.8. The molecule has 2 aliphatic rings. The van der Waals surface area contributed by atoms with E-state index in [4.69, 9.17) is 9.47 Å².